The molecular formula is C25H22N4O5. The first-order chi connectivity index (χ1) is 16.3. The van der Waals surface area contributed by atoms with Gasteiger partial charge >= 0.3 is 11.9 Å². The molecule has 0 spiro atoms. The highest BCUT2D eigenvalue weighted by Crippen LogP contribution is 2.27. The van der Waals surface area contributed by atoms with Gasteiger partial charge in [-0.05, 0) is 37.3 Å². The van der Waals surface area contributed by atoms with Crippen LogP contribution in [-0.2, 0) is 16.5 Å². The first-order valence-corrected chi connectivity index (χ1v) is 10.3. The third-order valence-corrected chi connectivity index (χ3v) is 5.28. The number of anilines is 1. The number of esters is 2. The number of carbonyl (C=O) groups excluding carboxylic acids is 3. The van der Waals surface area contributed by atoms with Gasteiger partial charge in [0, 0.05) is 29.9 Å². The number of aromatic nitrogens is 3. The third-order valence-electron chi connectivity index (χ3n) is 5.28. The number of rotatable bonds is 5. The second-order valence-electron chi connectivity index (χ2n) is 7.61. The fraction of sp³-hybridized carbons (Fsp3) is 0.160. The molecular weight excluding hydrogens is 436 g/mol. The van der Waals surface area contributed by atoms with Crippen molar-refractivity contribution >= 4 is 34.4 Å². The Morgan fingerprint density at radius 2 is 1.59 bits per heavy atom. The molecule has 0 aliphatic carbocycles. The number of hydrogen-bond donors (Lipinski definition) is 1. The third kappa shape index (κ3) is 4.36. The van der Waals surface area contributed by atoms with Gasteiger partial charge in [-0.3, -0.25) is 9.48 Å². The van der Waals surface area contributed by atoms with Crippen molar-refractivity contribution in [1.29, 1.82) is 0 Å². The van der Waals surface area contributed by atoms with Gasteiger partial charge in [0.2, 0.25) is 0 Å². The van der Waals surface area contributed by atoms with E-state index in [1.807, 2.05) is 44.4 Å². The molecule has 0 aliphatic heterocycles. The van der Waals surface area contributed by atoms with E-state index in [4.69, 9.17) is 14.5 Å². The molecule has 0 radical (unpaired) electrons. The summed E-state index contributed by atoms with van der Waals surface area (Å²) in [5.74, 6) is -1.73. The number of nitrogens with zero attached hydrogens (tertiary/aromatic N) is 3. The predicted octanol–water partition coefficient (Wildman–Crippen LogP) is 3.77. The Labute approximate surface area is 195 Å². The highest BCUT2D eigenvalue weighted by Gasteiger charge is 2.19. The number of hydrogen-bond acceptors (Lipinski definition) is 7. The lowest BCUT2D eigenvalue weighted by Gasteiger charge is -2.12. The fourth-order valence-electron chi connectivity index (χ4n) is 3.72. The molecule has 4 aromatic rings. The monoisotopic (exact) mass is 458 g/mol. The van der Waals surface area contributed by atoms with Crippen molar-refractivity contribution in [3.8, 4) is 11.3 Å². The van der Waals surface area contributed by atoms with Crippen molar-refractivity contribution in [2.45, 2.75) is 6.92 Å². The highest BCUT2D eigenvalue weighted by molar-refractivity contribution is 6.13. The first-order valence-electron chi connectivity index (χ1n) is 10.3. The maximum atomic E-state index is 13.4. The van der Waals surface area contributed by atoms with E-state index < -0.39 is 17.8 Å². The molecule has 9 heteroatoms. The summed E-state index contributed by atoms with van der Waals surface area (Å²) in [6.45, 7) is 1.87. The summed E-state index contributed by atoms with van der Waals surface area (Å²) in [7, 11) is 4.28. The Kier molecular flexibility index (Phi) is 6.09. The average molecular weight is 458 g/mol. The Bertz CT molecular complexity index is 1410. The van der Waals surface area contributed by atoms with E-state index in [0.717, 1.165) is 11.3 Å². The van der Waals surface area contributed by atoms with Crippen LogP contribution in [0.3, 0.4) is 0 Å². The minimum atomic E-state index is -0.648. The van der Waals surface area contributed by atoms with Gasteiger partial charge < -0.3 is 14.8 Å². The number of pyridine rings is 1. The minimum absolute atomic E-state index is 0.104. The first kappa shape index (κ1) is 22.7. The molecule has 2 aromatic heterocycles. The molecule has 0 atom stereocenters. The minimum Gasteiger partial charge on any atom is -0.465 e. The van der Waals surface area contributed by atoms with Crippen LogP contribution in [0.2, 0.25) is 0 Å². The molecule has 0 saturated heterocycles. The van der Waals surface area contributed by atoms with Gasteiger partial charge in [0.25, 0.3) is 5.91 Å². The van der Waals surface area contributed by atoms with Crippen LogP contribution >= 0.6 is 0 Å². The molecule has 2 aromatic carbocycles. The highest BCUT2D eigenvalue weighted by atomic mass is 16.5. The van der Waals surface area contributed by atoms with Crippen molar-refractivity contribution in [2.24, 2.45) is 7.05 Å². The second-order valence-corrected chi connectivity index (χ2v) is 7.61. The van der Waals surface area contributed by atoms with Crippen LogP contribution in [0.4, 0.5) is 5.69 Å². The lowest BCUT2D eigenvalue weighted by molar-refractivity contribution is 0.0599. The van der Waals surface area contributed by atoms with Crippen LogP contribution < -0.4 is 5.32 Å². The molecule has 4 rings (SSSR count). The number of nitrogens with one attached hydrogen (secondary N) is 1. The van der Waals surface area contributed by atoms with Crippen molar-refractivity contribution in [1.82, 2.24) is 14.8 Å². The lowest BCUT2D eigenvalue weighted by Crippen LogP contribution is -2.15. The van der Waals surface area contributed by atoms with Crippen molar-refractivity contribution in [3.63, 3.8) is 0 Å². The van der Waals surface area contributed by atoms with E-state index in [9.17, 15) is 14.4 Å². The van der Waals surface area contributed by atoms with Crippen molar-refractivity contribution in [2.75, 3.05) is 19.5 Å². The number of methoxy groups -OCH3 is 2. The fourth-order valence-corrected chi connectivity index (χ4v) is 3.72. The van der Waals surface area contributed by atoms with Crippen LogP contribution in [0.15, 0.2) is 54.7 Å². The van der Waals surface area contributed by atoms with Crippen LogP contribution in [0.1, 0.15) is 36.8 Å². The standard InChI is InChI=1S/C25H22N4O5/c1-14-20(13-29(2)28-14)22-12-19(18-7-5-6-8-21(18)27-22)23(30)26-17-10-15(24(31)33-3)9-16(11-17)25(32)34-4/h5-13H,1-4H3,(H,26,30). The largest absolute Gasteiger partial charge is 0.465 e. The summed E-state index contributed by atoms with van der Waals surface area (Å²) in [6.07, 6.45) is 1.84. The quantitative estimate of drug-likeness (QED) is 0.453. The molecule has 172 valence electrons. The Morgan fingerprint density at radius 3 is 2.18 bits per heavy atom. The van der Waals surface area contributed by atoms with Crippen LogP contribution in [-0.4, -0.2) is 46.8 Å². The molecule has 34 heavy (non-hydrogen) atoms. The Balaban J connectivity index is 1.80. The van der Waals surface area contributed by atoms with Gasteiger partial charge in [-0.15, -0.1) is 0 Å². The number of para-hydroxylation sites is 1. The predicted molar refractivity (Wildman–Crippen MR) is 126 cm³/mol. The SMILES string of the molecule is COC(=O)c1cc(NC(=O)c2cc(-c3cn(C)nc3C)nc3ccccc23)cc(C(=O)OC)c1. The van der Waals surface area contributed by atoms with Gasteiger partial charge in [-0.1, -0.05) is 18.2 Å². The van der Waals surface area contributed by atoms with E-state index in [-0.39, 0.29) is 16.8 Å². The summed E-state index contributed by atoms with van der Waals surface area (Å²) in [6, 6.07) is 13.2. The Hall–Kier alpha value is -4.53. The van der Waals surface area contributed by atoms with E-state index >= 15 is 0 Å². The van der Waals surface area contributed by atoms with Gasteiger partial charge in [-0.25, -0.2) is 14.6 Å². The second kappa shape index (κ2) is 9.14. The summed E-state index contributed by atoms with van der Waals surface area (Å²) in [4.78, 5) is 42.3. The molecule has 0 aliphatic rings. The summed E-state index contributed by atoms with van der Waals surface area (Å²) < 4.78 is 11.2. The van der Waals surface area contributed by atoms with Crippen LogP contribution in [0, 0.1) is 6.92 Å². The topological polar surface area (TPSA) is 112 Å². The molecule has 0 fully saturated rings. The van der Waals surface area contributed by atoms with Crippen molar-refractivity contribution < 1.29 is 23.9 Å². The number of ether oxygens (including phenoxy) is 2. The van der Waals surface area contributed by atoms with E-state index in [0.29, 0.717) is 22.2 Å². The number of aryl methyl sites for hydroxylation is 2. The summed E-state index contributed by atoms with van der Waals surface area (Å²) >= 11 is 0. The number of carbonyl (C=O) groups is 3. The zero-order valence-corrected chi connectivity index (χ0v) is 19.1. The van der Waals surface area contributed by atoms with Gasteiger partial charge in [0.05, 0.1) is 47.8 Å². The Morgan fingerprint density at radius 1 is 0.941 bits per heavy atom. The van der Waals surface area contributed by atoms with E-state index in [1.54, 1.807) is 10.7 Å². The molecule has 1 amide bonds. The normalized spacial score (nSPS) is 10.7. The van der Waals surface area contributed by atoms with Gasteiger partial charge in [0.15, 0.2) is 0 Å². The van der Waals surface area contributed by atoms with Gasteiger partial charge in [0.1, 0.15) is 0 Å². The molecule has 9 nitrogen and oxygen atoms in total. The van der Waals surface area contributed by atoms with Crippen LogP contribution in [0.25, 0.3) is 22.2 Å². The van der Waals surface area contributed by atoms with Crippen molar-refractivity contribution in [3.05, 3.63) is 77.1 Å². The molecule has 2 heterocycles. The maximum absolute atomic E-state index is 13.4. The smallest absolute Gasteiger partial charge is 0.337 e. The van der Waals surface area contributed by atoms with E-state index in [2.05, 4.69) is 10.4 Å². The lowest BCUT2D eigenvalue weighted by atomic mass is 10.0. The molecule has 0 bridgehead atoms. The summed E-state index contributed by atoms with van der Waals surface area (Å²) in [5.41, 5.74) is 3.67. The number of fused-ring (bicyclic) bond motifs is 1. The average Bonchev–Trinajstić information content (AvgIpc) is 3.19. The molecule has 1 N–H and O–H groups in total. The zero-order chi connectivity index (χ0) is 24.4. The van der Waals surface area contributed by atoms with Crippen LogP contribution in [0.5, 0.6) is 0 Å². The maximum Gasteiger partial charge on any atom is 0.337 e. The molecule has 0 saturated carbocycles. The van der Waals surface area contributed by atoms with Gasteiger partial charge in [-0.2, -0.15) is 5.10 Å². The number of amides is 1. The van der Waals surface area contributed by atoms with E-state index in [1.165, 1.54) is 32.4 Å². The zero-order valence-electron chi connectivity index (χ0n) is 19.1. The molecule has 0 unspecified atom stereocenters. The summed E-state index contributed by atoms with van der Waals surface area (Å²) in [5, 5.41) is 7.81. The number of benzene rings is 2.